The molecule has 0 bridgehead atoms. The Morgan fingerprint density at radius 2 is 1.29 bits per heavy atom. The Hall–Kier alpha value is -5.06. The normalized spacial score (nSPS) is 20.1. The summed E-state index contributed by atoms with van der Waals surface area (Å²) in [4.78, 5) is 57.8. The Balaban J connectivity index is 0.000000199. The summed E-state index contributed by atoms with van der Waals surface area (Å²) < 4.78 is 27.6. The Morgan fingerprint density at radius 3 is 1.88 bits per heavy atom. The fourth-order valence-electron chi connectivity index (χ4n) is 8.13. The van der Waals surface area contributed by atoms with E-state index in [9.17, 15) is 22.8 Å². The molecule has 15 nitrogen and oxygen atoms in total. The van der Waals surface area contributed by atoms with Crippen molar-refractivity contribution in [2.45, 2.75) is 75.4 Å². The Bertz CT molecular complexity index is 2230. The number of nitrogens with zero attached hydrogens (tertiary/aromatic N) is 7. The molecule has 308 valence electrons. The first-order valence-corrected chi connectivity index (χ1v) is 21.3. The molecule has 17 heteroatoms. The molecule has 5 aliphatic heterocycles. The van der Waals surface area contributed by atoms with Crippen LogP contribution in [-0.4, -0.2) is 125 Å². The molecule has 0 saturated carbocycles. The van der Waals surface area contributed by atoms with Gasteiger partial charge in [0, 0.05) is 103 Å². The van der Waals surface area contributed by atoms with Crippen molar-refractivity contribution in [2.75, 3.05) is 57.3 Å². The molecule has 58 heavy (non-hydrogen) atoms. The largest absolute Gasteiger partial charge is 0.477 e. The molecule has 5 aliphatic rings. The van der Waals surface area contributed by atoms with Gasteiger partial charge in [-0.05, 0) is 56.7 Å². The van der Waals surface area contributed by atoms with Crippen molar-refractivity contribution in [2.24, 2.45) is 10.3 Å². The van der Waals surface area contributed by atoms with E-state index in [0.717, 1.165) is 18.7 Å². The molecule has 2 aromatic carbocycles. The van der Waals surface area contributed by atoms with Crippen molar-refractivity contribution in [3.63, 3.8) is 0 Å². The molecule has 3 aromatic rings. The van der Waals surface area contributed by atoms with Gasteiger partial charge in [-0.3, -0.25) is 9.59 Å². The molecular formula is C41H48ClN7O8S. The Morgan fingerprint density at radius 1 is 0.724 bits per heavy atom. The van der Waals surface area contributed by atoms with Gasteiger partial charge in [0.25, 0.3) is 11.8 Å². The lowest BCUT2D eigenvalue weighted by Crippen LogP contribution is -2.51. The van der Waals surface area contributed by atoms with Gasteiger partial charge in [-0.15, -0.1) is 0 Å². The van der Waals surface area contributed by atoms with Crippen LogP contribution in [0.2, 0.25) is 5.15 Å². The van der Waals surface area contributed by atoms with E-state index in [4.69, 9.17) is 26.4 Å². The van der Waals surface area contributed by atoms with E-state index in [0.29, 0.717) is 87.5 Å². The highest BCUT2D eigenvalue weighted by Crippen LogP contribution is 2.38. The van der Waals surface area contributed by atoms with Gasteiger partial charge in [0.05, 0.1) is 10.5 Å². The zero-order valence-corrected chi connectivity index (χ0v) is 34.5. The average Bonchev–Trinajstić information content (AvgIpc) is 3.83. The highest BCUT2D eigenvalue weighted by molar-refractivity contribution is 7.89. The predicted molar refractivity (Wildman–Crippen MR) is 218 cm³/mol. The van der Waals surface area contributed by atoms with E-state index in [2.05, 4.69) is 52.2 Å². The zero-order valence-electron chi connectivity index (χ0n) is 32.9. The van der Waals surface area contributed by atoms with Crippen molar-refractivity contribution in [1.82, 2.24) is 19.1 Å². The number of amides is 2. The third-order valence-corrected chi connectivity index (χ3v) is 13.9. The van der Waals surface area contributed by atoms with Crippen molar-refractivity contribution < 1.29 is 37.6 Å². The van der Waals surface area contributed by atoms with Gasteiger partial charge in [-0.25, -0.2) is 18.2 Å². The zero-order chi connectivity index (χ0) is 41.2. The van der Waals surface area contributed by atoms with Crippen molar-refractivity contribution in [1.29, 1.82) is 0 Å². The number of aryl methyl sites for hydroxylation is 3. The van der Waals surface area contributed by atoms with Crippen LogP contribution in [0.4, 0.5) is 5.69 Å². The van der Waals surface area contributed by atoms with E-state index in [1.54, 1.807) is 29.2 Å². The number of likely N-dealkylation sites (tertiary alicyclic amines) is 1. The van der Waals surface area contributed by atoms with Crippen LogP contribution in [0.15, 0.2) is 76.0 Å². The average molecular weight is 834 g/mol. The molecule has 6 heterocycles. The summed E-state index contributed by atoms with van der Waals surface area (Å²) in [6.45, 7) is 10.6. The molecule has 2 amide bonds. The molecule has 3 saturated heterocycles. The first kappa shape index (κ1) is 41.1. The number of carboxylic acid groups (broad SMARTS) is 1. The molecular weight excluding hydrogens is 786 g/mol. The number of halogens is 1. The number of piperidine rings is 2. The maximum Gasteiger partial charge on any atom is 0.353 e. The second-order valence-corrected chi connectivity index (χ2v) is 18.0. The first-order valence-electron chi connectivity index (χ1n) is 19.5. The number of rotatable bonds is 6. The number of pyridine rings is 1. The molecule has 3 fully saturated rings. The van der Waals surface area contributed by atoms with Crippen LogP contribution in [0.25, 0.3) is 0 Å². The minimum atomic E-state index is -3.55. The molecule has 1 N–H and O–H groups in total. The summed E-state index contributed by atoms with van der Waals surface area (Å²) in [5, 5.41) is 17.0. The number of hydrogen-bond donors (Lipinski definition) is 1. The van der Waals surface area contributed by atoms with Crippen LogP contribution < -0.4 is 4.90 Å². The third kappa shape index (κ3) is 8.69. The summed E-state index contributed by atoms with van der Waals surface area (Å²) in [7, 11) is -3.55. The number of benzene rings is 2. The Labute approximate surface area is 343 Å². The molecule has 8 rings (SSSR count). The second-order valence-electron chi connectivity index (χ2n) is 15.7. The number of hydrogen-bond acceptors (Lipinski definition) is 11. The highest BCUT2D eigenvalue weighted by atomic mass is 35.5. The monoisotopic (exact) mass is 833 g/mol. The molecule has 2 spiro atoms. The van der Waals surface area contributed by atoms with Crippen LogP contribution in [0, 0.1) is 20.8 Å². The van der Waals surface area contributed by atoms with E-state index < -0.39 is 27.2 Å². The highest BCUT2D eigenvalue weighted by Gasteiger charge is 2.47. The minimum Gasteiger partial charge on any atom is -0.477 e. The number of aliphatic carboxylic acids is 1. The lowest BCUT2D eigenvalue weighted by molar-refractivity contribution is -0.129. The first-order chi connectivity index (χ1) is 27.7. The van der Waals surface area contributed by atoms with Crippen LogP contribution >= 0.6 is 11.6 Å². The summed E-state index contributed by atoms with van der Waals surface area (Å²) in [6.07, 6.45) is 4.34. The van der Waals surface area contributed by atoms with Gasteiger partial charge < -0.3 is 29.5 Å². The van der Waals surface area contributed by atoms with Gasteiger partial charge in [0.2, 0.25) is 10.0 Å². The SMILES string of the molecule is Cc1ccc(S(=O)(=O)N2CCC3(CC2)CC(C(=O)N2CCN(c4ccc(C)cc4C)CC2)=NO3)cc1.O=C(O)C1=NOC2(CCN(C(=O)c3cccnc3Cl)CC2)C1. The van der Waals surface area contributed by atoms with Crippen LogP contribution in [0.1, 0.15) is 65.6 Å². The number of piperazine rings is 1. The van der Waals surface area contributed by atoms with Gasteiger partial charge >= 0.3 is 5.97 Å². The second kappa shape index (κ2) is 16.7. The quantitative estimate of drug-likeness (QED) is 0.339. The van der Waals surface area contributed by atoms with Gasteiger partial charge in [0.15, 0.2) is 5.71 Å². The topological polar surface area (TPSA) is 175 Å². The van der Waals surface area contributed by atoms with E-state index in [1.807, 2.05) is 24.0 Å². The Kier molecular flexibility index (Phi) is 11.8. The fraction of sp³-hybridized carbons (Fsp3) is 0.463. The maximum absolute atomic E-state index is 13.2. The van der Waals surface area contributed by atoms with E-state index >= 15 is 0 Å². The van der Waals surface area contributed by atoms with Crippen molar-refractivity contribution >= 4 is 56.5 Å². The number of carbonyl (C=O) groups excluding carboxylic acids is 2. The minimum absolute atomic E-state index is 0.0371. The molecule has 0 radical (unpaired) electrons. The lowest BCUT2D eigenvalue weighted by atomic mass is 9.86. The fourth-order valence-corrected chi connectivity index (χ4v) is 9.77. The summed E-state index contributed by atoms with van der Waals surface area (Å²) in [6, 6.07) is 16.7. The van der Waals surface area contributed by atoms with Crippen LogP contribution in [0.5, 0.6) is 0 Å². The number of anilines is 1. The molecule has 1 aromatic heterocycles. The van der Waals surface area contributed by atoms with Crippen LogP contribution in [-0.2, 0) is 29.3 Å². The number of carboxylic acids is 1. The van der Waals surface area contributed by atoms with E-state index in [-0.39, 0.29) is 29.1 Å². The molecule has 0 aliphatic carbocycles. The maximum atomic E-state index is 13.2. The number of carbonyl (C=O) groups is 3. The smallest absolute Gasteiger partial charge is 0.353 e. The molecule has 0 atom stereocenters. The molecule has 0 unspecified atom stereocenters. The standard InChI is InChI=1S/C27H34N4O4S.C14H14ClN3O4/c1-20-4-7-23(8-5-20)36(33,34)31-12-10-27(11-13-31)19-24(28-35-27)26(32)30-16-14-29(15-17-30)25-9-6-21(2)18-22(25)3;15-11-9(2-1-5-16-11)12(19)18-6-3-14(4-7-18)8-10(13(20)21)17-22-14/h4-9,18H,10-17,19H2,1-3H3;1-2,5H,3-4,6-8H2,(H,20,21). The number of oxime groups is 2. The van der Waals surface area contributed by atoms with E-state index in [1.165, 1.54) is 27.3 Å². The van der Waals surface area contributed by atoms with Gasteiger partial charge in [-0.2, -0.15) is 4.31 Å². The lowest BCUT2D eigenvalue weighted by Gasteiger charge is -2.37. The summed E-state index contributed by atoms with van der Waals surface area (Å²) in [5.74, 6) is -1.30. The summed E-state index contributed by atoms with van der Waals surface area (Å²) in [5.41, 5.74) is 4.41. The van der Waals surface area contributed by atoms with Crippen molar-refractivity contribution in [3.8, 4) is 0 Å². The third-order valence-electron chi connectivity index (χ3n) is 11.7. The van der Waals surface area contributed by atoms with Gasteiger partial charge in [0.1, 0.15) is 22.1 Å². The predicted octanol–water partition coefficient (Wildman–Crippen LogP) is 4.83. The van der Waals surface area contributed by atoms with Crippen LogP contribution in [0.3, 0.4) is 0 Å². The number of sulfonamides is 1. The van der Waals surface area contributed by atoms with Gasteiger partial charge in [-0.1, -0.05) is 57.3 Å². The summed E-state index contributed by atoms with van der Waals surface area (Å²) >= 11 is 5.95. The number of aromatic nitrogens is 1. The van der Waals surface area contributed by atoms with Crippen molar-refractivity contribution in [3.05, 3.63) is 88.2 Å².